The summed E-state index contributed by atoms with van der Waals surface area (Å²) in [5.74, 6) is -0.163. The van der Waals surface area contributed by atoms with Gasteiger partial charge in [-0.2, -0.15) is 0 Å². The highest BCUT2D eigenvalue weighted by atomic mass is 16.2. The van der Waals surface area contributed by atoms with Crippen LogP contribution in [0.3, 0.4) is 0 Å². The Hall–Kier alpha value is -4.22. The number of benzene rings is 4. The van der Waals surface area contributed by atoms with Gasteiger partial charge in [-0.25, -0.2) is 0 Å². The van der Waals surface area contributed by atoms with Crippen LogP contribution in [-0.2, 0) is 0 Å². The number of hydrogen-bond donors (Lipinski definition) is 2. The van der Waals surface area contributed by atoms with E-state index in [0.29, 0.717) is 11.1 Å². The van der Waals surface area contributed by atoms with Gasteiger partial charge in [0, 0.05) is 22.5 Å². The van der Waals surface area contributed by atoms with Gasteiger partial charge in [0.25, 0.3) is 11.8 Å². The number of rotatable bonds is 4. The van der Waals surface area contributed by atoms with E-state index in [-0.39, 0.29) is 17.3 Å². The van der Waals surface area contributed by atoms with Crippen molar-refractivity contribution in [2.24, 2.45) is 0 Å². The summed E-state index contributed by atoms with van der Waals surface area (Å²) in [5, 5.41) is 5.64. The summed E-state index contributed by atoms with van der Waals surface area (Å²) in [4.78, 5) is 23.4. The van der Waals surface area contributed by atoms with Gasteiger partial charge in [-0.15, -0.1) is 0 Å². The molecule has 4 rings (SSSR count). The van der Waals surface area contributed by atoms with Crippen LogP contribution in [0.2, 0.25) is 0 Å². The van der Waals surface area contributed by atoms with Crippen molar-refractivity contribution in [1.29, 1.82) is 0 Å². The van der Waals surface area contributed by atoms with Crippen molar-refractivity contribution in [2.45, 2.75) is 0 Å². The molecule has 0 aliphatic heterocycles. The average Bonchev–Trinajstić information content (AvgIpc) is 2.82. The van der Waals surface area contributed by atoms with Gasteiger partial charge in [0.15, 0.2) is 0 Å². The Morgan fingerprint density at radius 2 is 0.677 bits per heavy atom. The van der Waals surface area contributed by atoms with Gasteiger partial charge in [0.05, 0.1) is 0 Å². The van der Waals surface area contributed by atoms with Gasteiger partial charge in [0.2, 0.25) is 0 Å². The lowest BCUT2D eigenvalue weighted by Crippen LogP contribution is -2.11. The molecule has 5 nitrogen and oxygen atoms in total. The average molecular weight is 412 g/mol. The topological polar surface area (TPSA) is 89.7 Å². The predicted octanol–water partition coefficient (Wildman–Crippen LogP) is 5.05. The Morgan fingerprint density at radius 1 is 0.419 bits per heavy atom. The number of nitrogens with one attached hydrogen (secondary N) is 2. The molecule has 0 heterocycles. The maximum absolute atomic E-state index is 11.7. The van der Waals surface area contributed by atoms with Crippen LogP contribution < -0.4 is 10.6 Å². The van der Waals surface area contributed by atoms with Gasteiger partial charge < -0.3 is 16.1 Å². The second kappa shape index (κ2) is 12.4. The summed E-state index contributed by atoms with van der Waals surface area (Å²) in [6.45, 7) is 0. The van der Waals surface area contributed by atoms with E-state index in [4.69, 9.17) is 0 Å². The highest BCUT2D eigenvalue weighted by molar-refractivity contribution is 6.04. The molecule has 0 saturated carbocycles. The van der Waals surface area contributed by atoms with Crippen LogP contribution in [0.15, 0.2) is 121 Å². The molecular formula is C26H24N2O3. The third-order valence-corrected chi connectivity index (χ3v) is 4.14. The SMILES string of the molecule is O.O=C(Nc1ccccc1)c1ccccc1.O=C(Nc1ccccc1)c1ccccc1. The molecule has 156 valence electrons. The Kier molecular flexibility index (Phi) is 9.20. The quantitative estimate of drug-likeness (QED) is 0.491. The summed E-state index contributed by atoms with van der Waals surface area (Å²) < 4.78 is 0. The summed E-state index contributed by atoms with van der Waals surface area (Å²) in [6, 6.07) is 37.2. The second-order valence-electron chi connectivity index (χ2n) is 6.37. The lowest BCUT2D eigenvalue weighted by Gasteiger charge is -2.03. The van der Waals surface area contributed by atoms with Crippen LogP contribution in [0.4, 0.5) is 11.4 Å². The summed E-state index contributed by atoms with van der Waals surface area (Å²) in [5.41, 5.74) is 2.96. The van der Waals surface area contributed by atoms with Crippen molar-refractivity contribution in [2.75, 3.05) is 10.6 Å². The van der Waals surface area contributed by atoms with E-state index in [2.05, 4.69) is 10.6 Å². The Balaban J connectivity index is 0.000000213. The molecule has 0 saturated heterocycles. The zero-order valence-electron chi connectivity index (χ0n) is 16.9. The fraction of sp³-hybridized carbons (Fsp3) is 0. The van der Waals surface area contributed by atoms with Crippen molar-refractivity contribution in [3.8, 4) is 0 Å². The van der Waals surface area contributed by atoms with Crippen molar-refractivity contribution in [1.82, 2.24) is 0 Å². The molecule has 0 aromatic heterocycles. The number of para-hydroxylation sites is 2. The van der Waals surface area contributed by atoms with Crippen LogP contribution in [0.1, 0.15) is 20.7 Å². The summed E-state index contributed by atoms with van der Waals surface area (Å²) >= 11 is 0. The molecule has 4 aromatic carbocycles. The van der Waals surface area contributed by atoms with Crippen LogP contribution in [0, 0.1) is 0 Å². The predicted molar refractivity (Wildman–Crippen MR) is 125 cm³/mol. The number of carbonyl (C=O) groups excluding carboxylic acids is 2. The molecule has 0 bridgehead atoms. The van der Waals surface area contributed by atoms with Gasteiger partial charge in [-0.05, 0) is 48.5 Å². The van der Waals surface area contributed by atoms with Crippen molar-refractivity contribution >= 4 is 23.2 Å². The number of hydrogen-bond acceptors (Lipinski definition) is 2. The highest BCUT2D eigenvalue weighted by Gasteiger charge is 2.04. The highest BCUT2D eigenvalue weighted by Crippen LogP contribution is 2.09. The third-order valence-electron chi connectivity index (χ3n) is 4.14. The molecule has 31 heavy (non-hydrogen) atoms. The first-order valence-corrected chi connectivity index (χ1v) is 9.55. The zero-order chi connectivity index (χ0) is 21.0. The molecule has 0 aliphatic rings. The molecule has 0 unspecified atom stereocenters. The molecule has 0 fully saturated rings. The third kappa shape index (κ3) is 7.61. The normalized spacial score (nSPS) is 9.29. The van der Waals surface area contributed by atoms with E-state index in [1.165, 1.54) is 0 Å². The minimum absolute atomic E-state index is 0. The first kappa shape index (κ1) is 23.1. The molecular weight excluding hydrogens is 388 g/mol. The maximum atomic E-state index is 11.7. The van der Waals surface area contributed by atoms with Gasteiger partial charge >= 0.3 is 0 Å². The van der Waals surface area contributed by atoms with Crippen LogP contribution in [0.5, 0.6) is 0 Å². The molecule has 0 spiro atoms. The number of amides is 2. The van der Waals surface area contributed by atoms with Crippen molar-refractivity contribution in [3.63, 3.8) is 0 Å². The van der Waals surface area contributed by atoms with Gasteiger partial charge in [-0.1, -0.05) is 72.8 Å². The lowest BCUT2D eigenvalue weighted by atomic mass is 10.2. The zero-order valence-corrected chi connectivity index (χ0v) is 16.9. The van der Waals surface area contributed by atoms with Crippen molar-refractivity contribution < 1.29 is 15.1 Å². The van der Waals surface area contributed by atoms with E-state index >= 15 is 0 Å². The first-order valence-electron chi connectivity index (χ1n) is 9.55. The van der Waals surface area contributed by atoms with Gasteiger partial charge in [-0.3, -0.25) is 9.59 Å². The molecule has 4 N–H and O–H groups in total. The molecule has 0 radical (unpaired) electrons. The Labute approximate surface area is 181 Å². The van der Waals surface area contributed by atoms with E-state index < -0.39 is 0 Å². The fourth-order valence-electron chi connectivity index (χ4n) is 2.63. The van der Waals surface area contributed by atoms with Crippen LogP contribution in [0.25, 0.3) is 0 Å². The molecule has 0 aliphatic carbocycles. The van der Waals surface area contributed by atoms with Crippen molar-refractivity contribution in [3.05, 3.63) is 132 Å². The standard InChI is InChI=1S/2C13H11NO.H2O/c2*15-13(11-7-3-1-4-8-11)14-12-9-5-2-6-10-12;/h2*1-10H,(H,14,15);1H2. The Morgan fingerprint density at radius 3 is 0.968 bits per heavy atom. The Bertz CT molecular complexity index is 966. The van der Waals surface area contributed by atoms with E-state index in [1.54, 1.807) is 24.3 Å². The van der Waals surface area contributed by atoms with E-state index in [9.17, 15) is 9.59 Å². The molecule has 5 heteroatoms. The summed E-state index contributed by atoms with van der Waals surface area (Å²) in [7, 11) is 0. The first-order chi connectivity index (χ1) is 14.7. The minimum Gasteiger partial charge on any atom is -0.412 e. The monoisotopic (exact) mass is 412 g/mol. The van der Waals surface area contributed by atoms with E-state index in [1.807, 2.05) is 97.1 Å². The lowest BCUT2D eigenvalue weighted by molar-refractivity contribution is 0.101. The van der Waals surface area contributed by atoms with Crippen LogP contribution in [-0.4, -0.2) is 17.3 Å². The molecule has 0 atom stereocenters. The van der Waals surface area contributed by atoms with E-state index in [0.717, 1.165) is 11.4 Å². The van der Waals surface area contributed by atoms with Crippen LogP contribution >= 0.6 is 0 Å². The summed E-state index contributed by atoms with van der Waals surface area (Å²) in [6.07, 6.45) is 0. The fourth-order valence-corrected chi connectivity index (χ4v) is 2.63. The largest absolute Gasteiger partial charge is 0.412 e. The second-order valence-corrected chi connectivity index (χ2v) is 6.37. The minimum atomic E-state index is -0.0817. The number of carbonyl (C=O) groups is 2. The smallest absolute Gasteiger partial charge is 0.255 e. The van der Waals surface area contributed by atoms with Gasteiger partial charge in [0.1, 0.15) is 0 Å². The maximum Gasteiger partial charge on any atom is 0.255 e. The number of anilines is 2. The molecule has 4 aromatic rings. The molecule has 2 amide bonds.